The number of carbonyl (C=O) groups excluding carboxylic acids is 1. The zero-order chi connectivity index (χ0) is 24.0. The summed E-state index contributed by atoms with van der Waals surface area (Å²) in [5.41, 5.74) is 1.30. The van der Waals surface area contributed by atoms with Gasteiger partial charge in [0, 0.05) is 12.1 Å². The van der Waals surface area contributed by atoms with E-state index in [9.17, 15) is 9.59 Å². The molecule has 0 aromatic heterocycles. The molecule has 1 rings (SSSR count). The summed E-state index contributed by atoms with van der Waals surface area (Å²) in [4.78, 5) is 22.8. The van der Waals surface area contributed by atoms with Crippen LogP contribution in [-0.2, 0) is 11.2 Å². The Morgan fingerprint density at radius 3 is 1.42 bits per heavy atom. The number of amides is 1. The van der Waals surface area contributed by atoms with Crippen LogP contribution in [0, 0.1) is 0 Å². The molecule has 0 aliphatic carbocycles. The van der Waals surface area contributed by atoms with E-state index in [4.69, 9.17) is 5.11 Å². The molecule has 188 valence electrons. The SMILES string of the molecule is CCCCCCCCCCCCCCCCCCCCNC(=O)c1ccc(CC(=O)O)cc1. The van der Waals surface area contributed by atoms with E-state index >= 15 is 0 Å². The average molecular weight is 460 g/mol. The largest absolute Gasteiger partial charge is 0.481 e. The van der Waals surface area contributed by atoms with Gasteiger partial charge >= 0.3 is 5.97 Å². The van der Waals surface area contributed by atoms with Gasteiger partial charge in [0.05, 0.1) is 6.42 Å². The first-order valence-electron chi connectivity index (χ1n) is 13.7. The van der Waals surface area contributed by atoms with Crippen LogP contribution in [0.4, 0.5) is 0 Å². The van der Waals surface area contributed by atoms with Gasteiger partial charge in [-0.3, -0.25) is 9.59 Å². The quantitative estimate of drug-likeness (QED) is 0.172. The molecule has 0 fully saturated rings. The van der Waals surface area contributed by atoms with Crippen molar-refractivity contribution in [3.8, 4) is 0 Å². The molecule has 0 bridgehead atoms. The Balaban J connectivity index is 1.83. The zero-order valence-electron chi connectivity index (χ0n) is 21.2. The Morgan fingerprint density at radius 1 is 0.636 bits per heavy atom. The van der Waals surface area contributed by atoms with Crippen LogP contribution in [0.15, 0.2) is 24.3 Å². The van der Waals surface area contributed by atoms with Crippen molar-refractivity contribution in [1.82, 2.24) is 5.32 Å². The molecule has 0 aliphatic heterocycles. The van der Waals surface area contributed by atoms with Crippen LogP contribution in [-0.4, -0.2) is 23.5 Å². The van der Waals surface area contributed by atoms with Crippen molar-refractivity contribution in [3.05, 3.63) is 35.4 Å². The molecule has 33 heavy (non-hydrogen) atoms. The van der Waals surface area contributed by atoms with Crippen LogP contribution in [0.5, 0.6) is 0 Å². The van der Waals surface area contributed by atoms with Crippen LogP contribution in [0.25, 0.3) is 0 Å². The van der Waals surface area contributed by atoms with Crippen LogP contribution >= 0.6 is 0 Å². The minimum atomic E-state index is -0.860. The van der Waals surface area contributed by atoms with Crippen molar-refractivity contribution in [2.45, 2.75) is 129 Å². The maximum Gasteiger partial charge on any atom is 0.307 e. The molecule has 1 aromatic rings. The minimum absolute atomic E-state index is 0.0127. The van der Waals surface area contributed by atoms with Gasteiger partial charge in [-0.25, -0.2) is 0 Å². The van der Waals surface area contributed by atoms with Gasteiger partial charge in [-0.15, -0.1) is 0 Å². The summed E-state index contributed by atoms with van der Waals surface area (Å²) in [6, 6.07) is 6.81. The minimum Gasteiger partial charge on any atom is -0.481 e. The Hall–Kier alpha value is -1.84. The van der Waals surface area contributed by atoms with E-state index < -0.39 is 5.97 Å². The number of hydrogen-bond donors (Lipinski definition) is 2. The predicted octanol–water partition coefficient (Wildman–Crippen LogP) is 8.09. The number of carbonyl (C=O) groups is 2. The highest BCUT2D eigenvalue weighted by Crippen LogP contribution is 2.14. The lowest BCUT2D eigenvalue weighted by molar-refractivity contribution is -0.136. The average Bonchev–Trinajstić information content (AvgIpc) is 2.80. The summed E-state index contributed by atoms with van der Waals surface area (Å²) >= 11 is 0. The molecule has 1 aromatic carbocycles. The number of nitrogens with one attached hydrogen (secondary N) is 1. The number of rotatable bonds is 22. The van der Waals surface area contributed by atoms with Crippen LogP contribution in [0.2, 0.25) is 0 Å². The third-order valence-corrected chi connectivity index (χ3v) is 6.39. The summed E-state index contributed by atoms with van der Waals surface area (Å²) in [7, 11) is 0. The van der Waals surface area contributed by atoms with E-state index in [0.29, 0.717) is 17.7 Å². The Kier molecular flexibility index (Phi) is 18.4. The summed E-state index contributed by atoms with van der Waals surface area (Å²) in [5.74, 6) is -0.940. The van der Waals surface area contributed by atoms with Crippen molar-refractivity contribution in [2.24, 2.45) is 0 Å². The highest BCUT2D eigenvalue weighted by molar-refractivity contribution is 5.94. The third kappa shape index (κ3) is 17.3. The summed E-state index contributed by atoms with van der Waals surface area (Å²) < 4.78 is 0. The highest BCUT2D eigenvalue weighted by Gasteiger charge is 2.06. The Morgan fingerprint density at radius 2 is 1.03 bits per heavy atom. The molecule has 0 saturated heterocycles. The first-order chi connectivity index (χ1) is 16.1. The van der Waals surface area contributed by atoms with Gasteiger partial charge in [0.1, 0.15) is 0 Å². The van der Waals surface area contributed by atoms with E-state index in [1.165, 1.54) is 103 Å². The second kappa shape index (κ2) is 20.7. The van der Waals surface area contributed by atoms with Crippen molar-refractivity contribution >= 4 is 11.9 Å². The lowest BCUT2D eigenvalue weighted by atomic mass is 10.0. The van der Waals surface area contributed by atoms with Gasteiger partial charge in [0.15, 0.2) is 0 Å². The molecular formula is C29H49NO3. The molecule has 0 saturated carbocycles. The van der Waals surface area contributed by atoms with Crippen LogP contribution in [0.1, 0.15) is 138 Å². The van der Waals surface area contributed by atoms with Crippen molar-refractivity contribution in [2.75, 3.05) is 6.54 Å². The second-order valence-electron chi connectivity index (χ2n) is 9.53. The van der Waals surface area contributed by atoms with Crippen molar-refractivity contribution in [3.63, 3.8) is 0 Å². The maximum atomic E-state index is 12.1. The predicted molar refractivity (Wildman–Crippen MR) is 139 cm³/mol. The number of benzene rings is 1. The second-order valence-corrected chi connectivity index (χ2v) is 9.53. The zero-order valence-corrected chi connectivity index (χ0v) is 21.2. The lowest BCUT2D eigenvalue weighted by Gasteiger charge is -2.06. The van der Waals surface area contributed by atoms with E-state index in [2.05, 4.69) is 12.2 Å². The summed E-state index contributed by atoms with van der Waals surface area (Å²) in [6.07, 6.45) is 24.4. The van der Waals surface area contributed by atoms with Crippen molar-refractivity contribution in [1.29, 1.82) is 0 Å². The molecule has 4 nitrogen and oxygen atoms in total. The molecule has 1 amide bonds. The van der Waals surface area contributed by atoms with E-state index in [1.54, 1.807) is 24.3 Å². The Labute approximate surface area is 202 Å². The maximum absolute atomic E-state index is 12.1. The van der Waals surface area contributed by atoms with E-state index in [1.807, 2.05) is 0 Å². The molecule has 0 spiro atoms. The molecule has 2 N–H and O–H groups in total. The first kappa shape index (κ1) is 29.2. The molecule has 0 radical (unpaired) electrons. The van der Waals surface area contributed by atoms with E-state index in [0.717, 1.165) is 12.8 Å². The monoisotopic (exact) mass is 459 g/mol. The standard InChI is InChI=1S/C29H49NO3/c1-2-3-4-5-6-7-8-9-10-11-12-13-14-15-16-17-18-19-24-30-29(33)27-22-20-26(21-23-27)25-28(31)32/h20-23H,2-19,24-25H2,1H3,(H,30,33)(H,31,32). The fourth-order valence-corrected chi connectivity index (χ4v) is 4.28. The molecule has 0 atom stereocenters. The fourth-order valence-electron chi connectivity index (χ4n) is 4.28. The third-order valence-electron chi connectivity index (χ3n) is 6.39. The van der Waals surface area contributed by atoms with Crippen LogP contribution in [0.3, 0.4) is 0 Å². The van der Waals surface area contributed by atoms with Gasteiger partial charge in [0.2, 0.25) is 0 Å². The van der Waals surface area contributed by atoms with Crippen LogP contribution < -0.4 is 5.32 Å². The topological polar surface area (TPSA) is 66.4 Å². The van der Waals surface area contributed by atoms with Gasteiger partial charge in [-0.1, -0.05) is 128 Å². The van der Waals surface area contributed by atoms with Gasteiger partial charge in [0.25, 0.3) is 5.91 Å². The smallest absolute Gasteiger partial charge is 0.307 e. The molecule has 0 aliphatic rings. The van der Waals surface area contributed by atoms with Gasteiger partial charge < -0.3 is 10.4 Å². The number of aliphatic carboxylic acids is 1. The fraction of sp³-hybridized carbons (Fsp3) is 0.724. The Bertz CT molecular complexity index is 612. The number of carboxylic acids is 1. The van der Waals surface area contributed by atoms with Gasteiger partial charge in [-0.05, 0) is 24.1 Å². The number of hydrogen-bond acceptors (Lipinski definition) is 2. The lowest BCUT2D eigenvalue weighted by Crippen LogP contribution is -2.24. The van der Waals surface area contributed by atoms with E-state index in [-0.39, 0.29) is 12.3 Å². The molecule has 4 heteroatoms. The van der Waals surface area contributed by atoms with Crippen molar-refractivity contribution < 1.29 is 14.7 Å². The molecule has 0 heterocycles. The normalized spacial score (nSPS) is 10.9. The molecular weight excluding hydrogens is 410 g/mol. The summed E-state index contributed by atoms with van der Waals surface area (Å²) in [5, 5.41) is 11.8. The summed E-state index contributed by atoms with van der Waals surface area (Å²) in [6.45, 7) is 2.98. The molecule has 0 unspecified atom stereocenters. The number of unbranched alkanes of at least 4 members (excludes halogenated alkanes) is 17. The first-order valence-corrected chi connectivity index (χ1v) is 13.7. The van der Waals surface area contributed by atoms with Gasteiger partial charge in [-0.2, -0.15) is 0 Å². The highest BCUT2D eigenvalue weighted by atomic mass is 16.4. The number of carboxylic acid groups (broad SMARTS) is 1.